The number of carbonyl (C=O) groups is 1. The molecule has 21 heavy (non-hydrogen) atoms. The highest BCUT2D eigenvalue weighted by molar-refractivity contribution is 6.35. The highest BCUT2D eigenvalue weighted by atomic mass is 35.5. The molecule has 0 fully saturated rings. The van der Waals surface area contributed by atoms with Crippen molar-refractivity contribution < 1.29 is 14.6 Å². The van der Waals surface area contributed by atoms with Gasteiger partial charge in [-0.2, -0.15) is 0 Å². The van der Waals surface area contributed by atoms with Crippen LogP contribution in [-0.4, -0.2) is 15.6 Å². The van der Waals surface area contributed by atoms with Gasteiger partial charge in [0.1, 0.15) is 12.3 Å². The molecule has 0 atom stereocenters. The first-order valence-corrected chi connectivity index (χ1v) is 6.65. The van der Waals surface area contributed by atoms with E-state index in [9.17, 15) is 9.59 Å². The van der Waals surface area contributed by atoms with Crippen LogP contribution in [0.4, 0.5) is 0 Å². The van der Waals surface area contributed by atoms with E-state index in [1.807, 2.05) is 0 Å². The van der Waals surface area contributed by atoms with E-state index >= 15 is 0 Å². The van der Waals surface area contributed by atoms with E-state index in [4.69, 9.17) is 33.0 Å². The van der Waals surface area contributed by atoms with Gasteiger partial charge in [-0.1, -0.05) is 29.3 Å². The number of ether oxygens (including phenoxy) is 1. The SMILES string of the molecule is Cn1cc(OCc2ccc(Cl)cc2Cl)c(=O)cc1C(=O)O. The van der Waals surface area contributed by atoms with Crippen LogP contribution in [0.15, 0.2) is 35.3 Å². The molecule has 0 saturated carbocycles. The van der Waals surface area contributed by atoms with Crippen molar-refractivity contribution in [2.24, 2.45) is 7.05 Å². The molecule has 110 valence electrons. The van der Waals surface area contributed by atoms with Crippen LogP contribution in [0, 0.1) is 0 Å². The Labute approximate surface area is 130 Å². The van der Waals surface area contributed by atoms with Gasteiger partial charge in [0.15, 0.2) is 5.75 Å². The van der Waals surface area contributed by atoms with E-state index in [1.165, 1.54) is 17.8 Å². The maximum Gasteiger partial charge on any atom is 0.352 e. The number of carboxylic acids is 1. The molecule has 0 radical (unpaired) electrons. The van der Waals surface area contributed by atoms with Crippen molar-refractivity contribution in [1.82, 2.24) is 4.57 Å². The van der Waals surface area contributed by atoms with Crippen molar-refractivity contribution in [3.05, 3.63) is 62.0 Å². The molecule has 1 aromatic heterocycles. The highest BCUT2D eigenvalue weighted by Crippen LogP contribution is 2.22. The van der Waals surface area contributed by atoms with Gasteiger partial charge in [-0.05, 0) is 12.1 Å². The number of halogens is 2. The van der Waals surface area contributed by atoms with Crippen molar-refractivity contribution >= 4 is 29.2 Å². The fraction of sp³-hybridized carbons (Fsp3) is 0.143. The van der Waals surface area contributed by atoms with Gasteiger partial charge >= 0.3 is 5.97 Å². The lowest BCUT2D eigenvalue weighted by atomic mass is 10.2. The second-order valence-corrected chi connectivity index (χ2v) is 5.17. The number of nitrogens with zero attached hydrogens (tertiary/aromatic N) is 1. The van der Waals surface area contributed by atoms with E-state index in [-0.39, 0.29) is 18.1 Å². The largest absolute Gasteiger partial charge is 0.483 e. The molecule has 0 bridgehead atoms. The fourth-order valence-corrected chi connectivity index (χ4v) is 2.18. The third kappa shape index (κ3) is 3.56. The van der Waals surface area contributed by atoms with Gasteiger partial charge in [0.2, 0.25) is 5.43 Å². The van der Waals surface area contributed by atoms with Gasteiger partial charge in [0.25, 0.3) is 0 Å². The summed E-state index contributed by atoms with van der Waals surface area (Å²) >= 11 is 11.8. The van der Waals surface area contributed by atoms with Crippen LogP contribution in [0.25, 0.3) is 0 Å². The standard InChI is InChI=1S/C14H11Cl2NO4/c1-17-6-13(12(18)5-11(17)14(19)20)21-7-8-2-3-9(15)4-10(8)16/h2-6H,7H2,1H3,(H,19,20). The smallest absolute Gasteiger partial charge is 0.352 e. The third-order valence-corrected chi connectivity index (χ3v) is 3.41. The monoisotopic (exact) mass is 327 g/mol. The molecule has 0 aliphatic heterocycles. The molecule has 7 heteroatoms. The average Bonchev–Trinajstić information content (AvgIpc) is 2.40. The maximum absolute atomic E-state index is 11.8. The Balaban J connectivity index is 2.23. The first kappa shape index (κ1) is 15.4. The van der Waals surface area contributed by atoms with Crippen LogP contribution in [0.3, 0.4) is 0 Å². The molecule has 5 nitrogen and oxygen atoms in total. The molecule has 0 unspecified atom stereocenters. The zero-order chi connectivity index (χ0) is 15.6. The summed E-state index contributed by atoms with van der Waals surface area (Å²) in [4.78, 5) is 22.7. The minimum Gasteiger partial charge on any atom is -0.483 e. The van der Waals surface area contributed by atoms with Gasteiger partial charge < -0.3 is 14.4 Å². The number of aromatic nitrogens is 1. The van der Waals surface area contributed by atoms with Gasteiger partial charge in [0, 0.05) is 28.7 Å². The Hall–Kier alpha value is -1.98. The summed E-state index contributed by atoms with van der Waals surface area (Å²) in [6.07, 6.45) is 1.33. The van der Waals surface area contributed by atoms with E-state index < -0.39 is 11.4 Å². The predicted molar refractivity (Wildman–Crippen MR) is 79.4 cm³/mol. The molecular weight excluding hydrogens is 317 g/mol. The van der Waals surface area contributed by atoms with Crippen molar-refractivity contribution in [1.29, 1.82) is 0 Å². The molecule has 1 aromatic carbocycles. The van der Waals surface area contributed by atoms with E-state index in [0.717, 1.165) is 6.07 Å². The maximum atomic E-state index is 11.8. The lowest BCUT2D eigenvalue weighted by molar-refractivity contribution is 0.0685. The van der Waals surface area contributed by atoms with Crippen LogP contribution in [0.5, 0.6) is 5.75 Å². The fourth-order valence-electron chi connectivity index (χ4n) is 1.72. The van der Waals surface area contributed by atoms with Crippen LogP contribution < -0.4 is 10.2 Å². The molecule has 1 heterocycles. The second-order valence-electron chi connectivity index (χ2n) is 4.33. The number of hydrogen-bond acceptors (Lipinski definition) is 3. The number of hydrogen-bond donors (Lipinski definition) is 1. The van der Waals surface area contributed by atoms with Crippen molar-refractivity contribution in [3.8, 4) is 5.75 Å². The number of aryl methyl sites for hydroxylation is 1. The summed E-state index contributed by atoms with van der Waals surface area (Å²) in [7, 11) is 1.52. The Bertz CT molecular complexity index is 755. The van der Waals surface area contributed by atoms with Crippen molar-refractivity contribution in [2.45, 2.75) is 6.61 Å². The van der Waals surface area contributed by atoms with Crippen LogP contribution >= 0.6 is 23.2 Å². The van der Waals surface area contributed by atoms with E-state index in [0.29, 0.717) is 15.6 Å². The highest BCUT2D eigenvalue weighted by Gasteiger charge is 2.11. The van der Waals surface area contributed by atoms with E-state index in [1.54, 1.807) is 18.2 Å². The molecular formula is C14H11Cl2NO4. The topological polar surface area (TPSA) is 68.5 Å². The number of pyridine rings is 1. The van der Waals surface area contributed by atoms with Crippen LogP contribution in [0.2, 0.25) is 10.0 Å². The lowest BCUT2D eigenvalue weighted by Crippen LogP contribution is -2.16. The first-order valence-electron chi connectivity index (χ1n) is 5.89. The molecule has 1 N–H and O–H groups in total. The summed E-state index contributed by atoms with van der Waals surface area (Å²) < 4.78 is 6.71. The zero-order valence-electron chi connectivity index (χ0n) is 11.0. The zero-order valence-corrected chi connectivity index (χ0v) is 12.5. The van der Waals surface area contributed by atoms with Crippen LogP contribution in [0.1, 0.15) is 16.1 Å². The molecule has 0 saturated heterocycles. The number of carboxylic acid groups (broad SMARTS) is 1. The minimum absolute atomic E-state index is 0.0496. The average molecular weight is 328 g/mol. The Kier molecular flexibility index (Phi) is 4.55. The number of aromatic carboxylic acids is 1. The quantitative estimate of drug-likeness (QED) is 0.937. The first-order chi connectivity index (χ1) is 9.88. The summed E-state index contributed by atoms with van der Waals surface area (Å²) in [5, 5.41) is 9.86. The Morgan fingerprint density at radius 2 is 2.05 bits per heavy atom. The molecule has 2 aromatic rings. The van der Waals surface area contributed by atoms with Gasteiger partial charge in [-0.3, -0.25) is 4.79 Å². The van der Waals surface area contributed by atoms with E-state index in [2.05, 4.69) is 0 Å². The van der Waals surface area contributed by atoms with Crippen molar-refractivity contribution in [2.75, 3.05) is 0 Å². The molecule has 0 aliphatic carbocycles. The molecule has 0 aliphatic rings. The molecule has 2 rings (SSSR count). The second kappa shape index (κ2) is 6.20. The summed E-state index contributed by atoms with van der Waals surface area (Å²) in [6, 6.07) is 5.95. The summed E-state index contributed by atoms with van der Waals surface area (Å²) in [5.41, 5.74) is 0.0536. The molecule has 0 spiro atoms. The van der Waals surface area contributed by atoms with Gasteiger partial charge in [-0.25, -0.2) is 4.79 Å². The van der Waals surface area contributed by atoms with Gasteiger partial charge in [0.05, 0.1) is 6.20 Å². The number of rotatable bonds is 4. The normalized spacial score (nSPS) is 10.4. The van der Waals surface area contributed by atoms with Crippen molar-refractivity contribution in [3.63, 3.8) is 0 Å². The Morgan fingerprint density at radius 1 is 1.33 bits per heavy atom. The minimum atomic E-state index is -1.18. The summed E-state index contributed by atoms with van der Waals surface area (Å²) in [6.45, 7) is 0.0810. The van der Waals surface area contributed by atoms with Gasteiger partial charge in [-0.15, -0.1) is 0 Å². The summed E-state index contributed by atoms with van der Waals surface area (Å²) in [5.74, 6) is -1.13. The lowest BCUT2D eigenvalue weighted by Gasteiger charge is -2.10. The number of benzene rings is 1. The third-order valence-electron chi connectivity index (χ3n) is 2.82. The predicted octanol–water partition coefficient (Wildman–Crippen LogP) is 2.97. The molecule has 0 amide bonds. The van der Waals surface area contributed by atoms with Crippen LogP contribution in [-0.2, 0) is 13.7 Å². The Morgan fingerprint density at radius 3 is 2.67 bits per heavy atom.